The first-order valence-corrected chi connectivity index (χ1v) is 6.67. The molecule has 0 unspecified atom stereocenters. The van der Waals surface area contributed by atoms with E-state index in [1.165, 1.54) is 5.56 Å². The first-order chi connectivity index (χ1) is 8.26. The van der Waals surface area contributed by atoms with Crippen molar-refractivity contribution < 1.29 is 4.74 Å². The summed E-state index contributed by atoms with van der Waals surface area (Å²) in [6.07, 6.45) is 0.988. The highest BCUT2D eigenvalue weighted by atomic mass is 16.5. The van der Waals surface area contributed by atoms with Gasteiger partial charge in [-0.05, 0) is 44.4 Å². The molecule has 0 radical (unpaired) electrons. The molecular weight excluding hydrogens is 222 g/mol. The van der Waals surface area contributed by atoms with Crippen molar-refractivity contribution in [1.82, 2.24) is 5.32 Å². The lowest BCUT2D eigenvalue weighted by atomic mass is 9.86. The number of rotatable bonds is 5. The lowest BCUT2D eigenvalue weighted by molar-refractivity contribution is 0.251. The van der Waals surface area contributed by atoms with Crippen LogP contribution in [0.1, 0.15) is 46.6 Å². The van der Waals surface area contributed by atoms with E-state index in [0.29, 0.717) is 0 Å². The van der Waals surface area contributed by atoms with Gasteiger partial charge in [0.05, 0.1) is 6.61 Å². The summed E-state index contributed by atoms with van der Waals surface area (Å²) >= 11 is 0. The van der Waals surface area contributed by atoms with Gasteiger partial charge < -0.3 is 10.1 Å². The van der Waals surface area contributed by atoms with Crippen LogP contribution in [0.3, 0.4) is 0 Å². The number of hydrogen-bond donors (Lipinski definition) is 1. The predicted octanol–water partition coefficient (Wildman–Crippen LogP) is 3.75. The van der Waals surface area contributed by atoms with Crippen molar-refractivity contribution in [3.8, 4) is 5.75 Å². The van der Waals surface area contributed by atoms with Crippen LogP contribution >= 0.6 is 0 Å². The molecule has 0 saturated heterocycles. The Morgan fingerprint density at radius 2 is 1.67 bits per heavy atom. The van der Waals surface area contributed by atoms with Crippen molar-refractivity contribution in [2.45, 2.75) is 52.0 Å². The number of ether oxygens (including phenoxy) is 1. The van der Waals surface area contributed by atoms with Crippen LogP contribution in [0.15, 0.2) is 24.3 Å². The van der Waals surface area contributed by atoms with Gasteiger partial charge in [0.25, 0.3) is 0 Å². The first-order valence-electron chi connectivity index (χ1n) is 6.67. The summed E-state index contributed by atoms with van der Waals surface area (Å²) in [5.74, 6) is 1.01. The Labute approximate surface area is 112 Å². The zero-order valence-corrected chi connectivity index (χ0v) is 12.6. The smallest absolute Gasteiger partial charge is 0.123 e. The average molecular weight is 249 g/mol. The molecule has 102 valence electrons. The van der Waals surface area contributed by atoms with Gasteiger partial charge >= 0.3 is 0 Å². The van der Waals surface area contributed by atoms with Crippen LogP contribution in [-0.2, 0) is 5.41 Å². The van der Waals surface area contributed by atoms with Crippen LogP contribution in [0, 0.1) is 0 Å². The average Bonchev–Trinajstić information content (AvgIpc) is 2.28. The third-order valence-corrected chi connectivity index (χ3v) is 3.36. The largest absolute Gasteiger partial charge is 0.493 e. The van der Waals surface area contributed by atoms with E-state index in [9.17, 15) is 0 Å². The van der Waals surface area contributed by atoms with Crippen molar-refractivity contribution in [3.63, 3.8) is 0 Å². The van der Waals surface area contributed by atoms with Crippen molar-refractivity contribution in [3.05, 3.63) is 29.8 Å². The molecule has 0 aliphatic carbocycles. The maximum Gasteiger partial charge on any atom is 0.123 e. The number of para-hydroxylation sites is 1. The fourth-order valence-electron chi connectivity index (χ4n) is 1.75. The van der Waals surface area contributed by atoms with Gasteiger partial charge in [-0.1, -0.05) is 39.0 Å². The van der Waals surface area contributed by atoms with Gasteiger partial charge in [-0.15, -0.1) is 0 Å². The highest BCUT2D eigenvalue weighted by Gasteiger charge is 2.19. The Hall–Kier alpha value is -1.02. The summed E-state index contributed by atoms with van der Waals surface area (Å²) in [7, 11) is 1.99. The fraction of sp³-hybridized carbons (Fsp3) is 0.625. The van der Waals surface area contributed by atoms with Crippen LogP contribution in [0.25, 0.3) is 0 Å². The van der Waals surface area contributed by atoms with Crippen LogP contribution in [-0.4, -0.2) is 19.2 Å². The minimum atomic E-state index is 0.120. The Kier molecular flexibility index (Phi) is 4.80. The summed E-state index contributed by atoms with van der Waals surface area (Å²) in [6, 6.07) is 8.32. The van der Waals surface area contributed by atoms with E-state index in [1.807, 2.05) is 13.1 Å². The van der Waals surface area contributed by atoms with Gasteiger partial charge in [-0.2, -0.15) is 0 Å². The molecule has 18 heavy (non-hydrogen) atoms. The van der Waals surface area contributed by atoms with E-state index in [4.69, 9.17) is 4.74 Å². The Morgan fingerprint density at radius 3 is 2.22 bits per heavy atom. The van der Waals surface area contributed by atoms with Crippen LogP contribution in [0.5, 0.6) is 5.75 Å². The molecule has 0 aliphatic rings. The van der Waals surface area contributed by atoms with E-state index in [1.54, 1.807) is 0 Å². The van der Waals surface area contributed by atoms with Crippen molar-refractivity contribution >= 4 is 0 Å². The molecule has 0 saturated carbocycles. The monoisotopic (exact) mass is 249 g/mol. The summed E-state index contributed by atoms with van der Waals surface area (Å²) < 4.78 is 5.96. The Bertz CT molecular complexity index is 377. The zero-order valence-electron chi connectivity index (χ0n) is 12.6. The third-order valence-electron chi connectivity index (χ3n) is 3.36. The van der Waals surface area contributed by atoms with Crippen molar-refractivity contribution in [2.24, 2.45) is 0 Å². The Morgan fingerprint density at radius 1 is 1.06 bits per heavy atom. The van der Waals surface area contributed by atoms with Gasteiger partial charge in [0.1, 0.15) is 5.75 Å². The molecule has 0 heterocycles. The number of hydrogen-bond acceptors (Lipinski definition) is 2. The minimum Gasteiger partial charge on any atom is -0.493 e. The van der Waals surface area contributed by atoms with Crippen LogP contribution < -0.4 is 10.1 Å². The molecule has 0 aromatic heterocycles. The SMILES string of the molecule is CNC(C)(C)CCOc1ccccc1C(C)(C)C. The molecule has 0 bridgehead atoms. The van der Waals surface area contributed by atoms with E-state index in [2.05, 4.69) is 58.1 Å². The lowest BCUT2D eigenvalue weighted by Gasteiger charge is -2.26. The van der Waals surface area contributed by atoms with Gasteiger partial charge in [-0.3, -0.25) is 0 Å². The molecule has 1 aromatic rings. The maximum absolute atomic E-state index is 5.96. The van der Waals surface area contributed by atoms with E-state index in [0.717, 1.165) is 18.8 Å². The number of nitrogens with one attached hydrogen (secondary N) is 1. The van der Waals surface area contributed by atoms with Gasteiger partial charge in [0.2, 0.25) is 0 Å². The molecule has 0 atom stereocenters. The molecule has 0 fully saturated rings. The molecule has 0 spiro atoms. The second-order valence-electron chi connectivity index (χ2n) is 6.48. The van der Waals surface area contributed by atoms with Gasteiger partial charge in [-0.25, -0.2) is 0 Å². The minimum absolute atomic E-state index is 0.120. The fourth-order valence-corrected chi connectivity index (χ4v) is 1.75. The van der Waals surface area contributed by atoms with Gasteiger partial charge in [0, 0.05) is 5.54 Å². The highest BCUT2D eigenvalue weighted by Crippen LogP contribution is 2.31. The summed E-state index contributed by atoms with van der Waals surface area (Å²) in [5, 5.41) is 3.29. The topological polar surface area (TPSA) is 21.3 Å². The molecule has 2 nitrogen and oxygen atoms in total. The van der Waals surface area contributed by atoms with E-state index >= 15 is 0 Å². The summed E-state index contributed by atoms with van der Waals surface area (Å²) in [4.78, 5) is 0. The summed E-state index contributed by atoms with van der Waals surface area (Å²) in [5.41, 5.74) is 1.51. The normalized spacial score (nSPS) is 12.6. The molecular formula is C16H27NO. The number of benzene rings is 1. The maximum atomic E-state index is 5.96. The molecule has 1 rings (SSSR count). The summed E-state index contributed by atoms with van der Waals surface area (Å²) in [6.45, 7) is 11.8. The second kappa shape index (κ2) is 5.75. The first kappa shape index (κ1) is 15.0. The third kappa shape index (κ3) is 4.34. The quantitative estimate of drug-likeness (QED) is 0.858. The molecule has 0 amide bonds. The van der Waals surface area contributed by atoms with Gasteiger partial charge in [0.15, 0.2) is 0 Å². The second-order valence-corrected chi connectivity index (χ2v) is 6.48. The Balaban J connectivity index is 2.69. The molecule has 1 aromatic carbocycles. The molecule has 1 N–H and O–H groups in total. The van der Waals surface area contributed by atoms with Crippen molar-refractivity contribution in [2.75, 3.05) is 13.7 Å². The van der Waals surface area contributed by atoms with E-state index < -0.39 is 0 Å². The van der Waals surface area contributed by atoms with E-state index in [-0.39, 0.29) is 11.0 Å². The zero-order chi connectivity index (χ0) is 13.8. The van der Waals surface area contributed by atoms with Crippen molar-refractivity contribution in [1.29, 1.82) is 0 Å². The molecule has 0 aliphatic heterocycles. The molecule has 2 heteroatoms. The standard InChI is InChI=1S/C16H27NO/c1-15(2,3)13-9-7-8-10-14(13)18-12-11-16(4,5)17-6/h7-10,17H,11-12H2,1-6H3. The van der Waals surface area contributed by atoms with Crippen LogP contribution in [0.4, 0.5) is 0 Å². The highest BCUT2D eigenvalue weighted by molar-refractivity contribution is 5.38. The lowest BCUT2D eigenvalue weighted by Crippen LogP contribution is -2.37. The predicted molar refractivity (Wildman–Crippen MR) is 78.4 cm³/mol. The van der Waals surface area contributed by atoms with Crippen LogP contribution in [0.2, 0.25) is 0 Å².